The Labute approximate surface area is 187 Å². The summed E-state index contributed by atoms with van der Waals surface area (Å²) >= 11 is 0. The van der Waals surface area contributed by atoms with Gasteiger partial charge in [-0.1, -0.05) is 18.2 Å². The number of fused-ring (bicyclic) bond motifs is 1. The lowest BCUT2D eigenvalue weighted by Gasteiger charge is -2.38. The molecule has 168 valence electrons. The van der Waals surface area contributed by atoms with Gasteiger partial charge in [0.2, 0.25) is 5.91 Å². The zero-order valence-corrected chi connectivity index (χ0v) is 18.6. The Morgan fingerprint density at radius 3 is 2.56 bits per heavy atom. The third-order valence-corrected chi connectivity index (χ3v) is 6.28. The van der Waals surface area contributed by atoms with Crippen LogP contribution >= 0.6 is 0 Å². The topological polar surface area (TPSA) is 84.7 Å². The fourth-order valence-electron chi connectivity index (χ4n) is 4.23. The van der Waals surface area contributed by atoms with Crippen molar-refractivity contribution in [2.45, 2.75) is 44.8 Å². The Bertz CT molecular complexity index is 1160. The van der Waals surface area contributed by atoms with Crippen molar-refractivity contribution in [2.75, 3.05) is 20.2 Å². The first-order valence-electron chi connectivity index (χ1n) is 11.0. The first-order valence-corrected chi connectivity index (χ1v) is 11.0. The summed E-state index contributed by atoms with van der Waals surface area (Å²) in [5.74, 6) is 0.883. The number of piperidine rings is 1. The van der Waals surface area contributed by atoms with E-state index in [-0.39, 0.29) is 18.0 Å². The average molecular weight is 436 g/mol. The molecule has 0 aliphatic carbocycles. The molecule has 1 fully saturated rings. The van der Waals surface area contributed by atoms with E-state index in [4.69, 9.17) is 4.74 Å². The maximum Gasteiger partial charge on any atom is 0.261 e. The number of ether oxygens (including phenoxy) is 1. The zero-order valence-electron chi connectivity index (χ0n) is 18.6. The first kappa shape index (κ1) is 22.0. The number of aliphatic hydroxyl groups is 1. The molecule has 2 aromatic carbocycles. The van der Waals surface area contributed by atoms with Crippen LogP contribution in [0.4, 0.5) is 0 Å². The Morgan fingerprint density at radius 1 is 1.16 bits per heavy atom. The predicted molar refractivity (Wildman–Crippen MR) is 123 cm³/mol. The summed E-state index contributed by atoms with van der Waals surface area (Å²) in [6.45, 7) is 3.10. The fourth-order valence-corrected chi connectivity index (χ4v) is 4.23. The van der Waals surface area contributed by atoms with Crippen molar-refractivity contribution < 1.29 is 14.6 Å². The number of amides is 1. The molecule has 1 N–H and O–H groups in total. The number of nitrogens with zero attached hydrogens (tertiary/aromatic N) is 3. The molecule has 4 rings (SSSR count). The van der Waals surface area contributed by atoms with Crippen molar-refractivity contribution in [1.82, 2.24) is 14.5 Å². The average Bonchev–Trinajstić information content (AvgIpc) is 2.80. The van der Waals surface area contributed by atoms with Gasteiger partial charge in [0.1, 0.15) is 5.75 Å². The third-order valence-electron chi connectivity index (χ3n) is 6.28. The van der Waals surface area contributed by atoms with Crippen LogP contribution < -0.4 is 10.3 Å². The van der Waals surface area contributed by atoms with Gasteiger partial charge in [0, 0.05) is 19.5 Å². The zero-order chi connectivity index (χ0) is 22.7. The van der Waals surface area contributed by atoms with Gasteiger partial charge in [0.25, 0.3) is 5.56 Å². The van der Waals surface area contributed by atoms with E-state index in [0.29, 0.717) is 49.7 Å². The molecule has 1 aliphatic rings. The Hall–Kier alpha value is -3.19. The molecule has 0 bridgehead atoms. The predicted octanol–water partition coefficient (Wildman–Crippen LogP) is 2.70. The lowest BCUT2D eigenvalue weighted by molar-refractivity contribution is -0.135. The fraction of sp³-hybridized carbons (Fsp3) is 0.400. The molecule has 2 heterocycles. The number of benzene rings is 2. The van der Waals surface area contributed by atoms with Crippen LogP contribution in [-0.4, -0.2) is 51.3 Å². The molecule has 7 heteroatoms. The summed E-state index contributed by atoms with van der Waals surface area (Å²) in [7, 11) is 1.63. The van der Waals surface area contributed by atoms with Gasteiger partial charge >= 0.3 is 0 Å². The van der Waals surface area contributed by atoms with Crippen LogP contribution in [0.3, 0.4) is 0 Å². The molecule has 3 aromatic rings. The van der Waals surface area contributed by atoms with Crippen LogP contribution in [0, 0.1) is 6.92 Å². The van der Waals surface area contributed by atoms with Crippen LogP contribution in [0.2, 0.25) is 0 Å². The first-order chi connectivity index (χ1) is 15.4. The Balaban J connectivity index is 1.34. The largest absolute Gasteiger partial charge is 0.497 e. The summed E-state index contributed by atoms with van der Waals surface area (Å²) in [6, 6.07) is 13.3. The van der Waals surface area contributed by atoms with E-state index in [1.807, 2.05) is 48.2 Å². The normalized spacial score (nSPS) is 15.7. The van der Waals surface area contributed by atoms with E-state index in [0.717, 1.165) is 16.9 Å². The van der Waals surface area contributed by atoms with Gasteiger partial charge in [0.15, 0.2) is 0 Å². The minimum absolute atomic E-state index is 0.0859. The summed E-state index contributed by atoms with van der Waals surface area (Å²) < 4.78 is 6.65. The van der Waals surface area contributed by atoms with Crippen LogP contribution in [0.25, 0.3) is 10.9 Å². The second-order valence-corrected chi connectivity index (χ2v) is 8.65. The molecule has 1 aliphatic heterocycles. The van der Waals surface area contributed by atoms with Crippen molar-refractivity contribution in [1.29, 1.82) is 0 Å². The molecule has 0 saturated carbocycles. The quantitative estimate of drug-likeness (QED) is 0.644. The number of carbonyl (C=O) groups is 1. The summed E-state index contributed by atoms with van der Waals surface area (Å²) in [4.78, 5) is 31.7. The van der Waals surface area contributed by atoms with Gasteiger partial charge in [-0.05, 0) is 61.6 Å². The Morgan fingerprint density at radius 2 is 1.88 bits per heavy atom. The lowest BCUT2D eigenvalue weighted by Crippen LogP contribution is -2.49. The number of carbonyl (C=O) groups excluding carboxylic acids is 1. The minimum Gasteiger partial charge on any atom is -0.497 e. The summed E-state index contributed by atoms with van der Waals surface area (Å²) in [5.41, 5.74) is 1.61. The molecule has 1 aromatic heterocycles. The van der Waals surface area contributed by atoms with Crippen LogP contribution in [0.5, 0.6) is 5.75 Å². The van der Waals surface area contributed by atoms with Crippen LogP contribution in [0.1, 0.15) is 30.4 Å². The Kier molecular flexibility index (Phi) is 6.28. The molecular weight excluding hydrogens is 406 g/mol. The van der Waals surface area contributed by atoms with Crippen LogP contribution in [0.15, 0.2) is 53.6 Å². The third kappa shape index (κ3) is 4.83. The molecule has 0 atom stereocenters. The number of rotatable bonds is 6. The molecule has 7 nitrogen and oxygen atoms in total. The van der Waals surface area contributed by atoms with Gasteiger partial charge in [-0.15, -0.1) is 0 Å². The SMILES string of the molecule is COc1ccc(CCC(=O)N2CCC(O)(Cn3cnc4cc(C)ccc4c3=O)CC2)cc1. The van der Waals surface area contributed by atoms with Crippen molar-refractivity contribution in [2.24, 2.45) is 0 Å². The van der Waals surface area contributed by atoms with Crippen molar-refractivity contribution in [3.05, 3.63) is 70.3 Å². The van der Waals surface area contributed by atoms with E-state index in [1.165, 1.54) is 10.9 Å². The summed E-state index contributed by atoms with van der Waals surface area (Å²) in [6.07, 6.45) is 3.47. The van der Waals surface area contributed by atoms with Gasteiger partial charge in [-0.25, -0.2) is 4.98 Å². The highest BCUT2D eigenvalue weighted by molar-refractivity contribution is 5.78. The van der Waals surface area contributed by atoms with Crippen molar-refractivity contribution in [3.63, 3.8) is 0 Å². The van der Waals surface area contributed by atoms with Crippen molar-refractivity contribution in [3.8, 4) is 5.75 Å². The molecule has 1 saturated heterocycles. The van der Waals surface area contributed by atoms with Gasteiger partial charge in [0.05, 0.1) is 36.5 Å². The standard InChI is InChI=1S/C25H29N3O4/c1-18-3-9-21-22(15-18)26-17-28(24(21)30)16-25(31)11-13-27(14-12-25)23(29)10-6-19-4-7-20(32-2)8-5-19/h3-5,7-9,15,17,31H,6,10-14,16H2,1-2H3. The number of aryl methyl sites for hydroxylation is 2. The lowest BCUT2D eigenvalue weighted by atomic mass is 9.91. The van der Waals surface area contributed by atoms with E-state index < -0.39 is 5.60 Å². The molecule has 0 unspecified atom stereocenters. The highest BCUT2D eigenvalue weighted by atomic mass is 16.5. The van der Waals surface area contributed by atoms with Gasteiger partial charge in [-0.3, -0.25) is 14.2 Å². The minimum atomic E-state index is -1.03. The van der Waals surface area contributed by atoms with Gasteiger partial charge < -0.3 is 14.7 Å². The van der Waals surface area contributed by atoms with Crippen LogP contribution in [-0.2, 0) is 17.8 Å². The molecule has 32 heavy (non-hydrogen) atoms. The van der Waals surface area contributed by atoms with Gasteiger partial charge in [-0.2, -0.15) is 0 Å². The summed E-state index contributed by atoms with van der Waals surface area (Å²) in [5, 5.41) is 11.6. The van der Waals surface area contributed by atoms with E-state index in [2.05, 4.69) is 4.98 Å². The second kappa shape index (κ2) is 9.12. The molecule has 1 amide bonds. The number of hydrogen-bond acceptors (Lipinski definition) is 5. The maximum absolute atomic E-state index is 12.8. The van der Waals surface area contributed by atoms with E-state index in [9.17, 15) is 14.7 Å². The van der Waals surface area contributed by atoms with E-state index >= 15 is 0 Å². The highest BCUT2D eigenvalue weighted by Crippen LogP contribution is 2.25. The van der Waals surface area contributed by atoms with E-state index in [1.54, 1.807) is 13.2 Å². The molecule has 0 spiro atoms. The molecule has 0 radical (unpaired) electrons. The number of hydrogen-bond donors (Lipinski definition) is 1. The number of likely N-dealkylation sites (tertiary alicyclic amines) is 1. The smallest absolute Gasteiger partial charge is 0.261 e. The number of aromatic nitrogens is 2. The highest BCUT2D eigenvalue weighted by Gasteiger charge is 2.34. The molecular formula is C25H29N3O4. The monoisotopic (exact) mass is 435 g/mol. The van der Waals surface area contributed by atoms with Crippen molar-refractivity contribution >= 4 is 16.8 Å². The maximum atomic E-state index is 12.8. The second-order valence-electron chi connectivity index (χ2n) is 8.65. The number of methoxy groups -OCH3 is 1.